The van der Waals surface area contributed by atoms with Gasteiger partial charge in [0.1, 0.15) is 10.6 Å². The van der Waals surface area contributed by atoms with Crippen molar-refractivity contribution < 1.29 is 0 Å². The van der Waals surface area contributed by atoms with Crippen LogP contribution in [-0.2, 0) is 0 Å². The lowest BCUT2D eigenvalue weighted by Gasteiger charge is -2.03. The Morgan fingerprint density at radius 3 is 3.00 bits per heavy atom. The molecule has 0 bridgehead atoms. The maximum Gasteiger partial charge on any atom is 0.226 e. The minimum absolute atomic E-state index is 0.558. The summed E-state index contributed by atoms with van der Waals surface area (Å²) in [5.74, 6) is 1.19. The van der Waals surface area contributed by atoms with Gasteiger partial charge < -0.3 is 11.1 Å². The third kappa shape index (κ3) is 2.02. The van der Waals surface area contributed by atoms with E-state index in [9.17, 15) is 0 Å². The third-order valence-electron chi connectivity index (χ3n) is 2.08. The fraction of sp³-hybridized carbons (Fsp3) is 0.400. The van der Waals surface area contributed by atoms with Gasteiger partial charge in [-0.05, 0) is 19.4 Å². The number of thiophene rings is 1. The molecule has 5 heteroatoms. The Balaban J connectivity index is 2.42. The van der Waals surface area contributed by atoms with E-state index in [0.717, 1.165) is 23.2 Å². The highest BCUT2D eigenvalue weighted by molar-refractivity contribution is 7.18. The van der Waals surface area contributed by atoms with Gasteiger partial charge in [-0.1, -0.05) is 6.92 Å². The van der Waals surface area contributed by atoms with Crippen LogP contribution < -0.4 is 11.1 Å². The molecule has 0 amide bonds. The van der Waals surface area contributed by atoms with E-state index in [0.29, 0.717) is 11.8 Å². The Bertz CT molecular complexity index is 477. The number of fused-ring (bicyclic) bond motifs is 1. The average molecular weight is 222 g/mol. The van der Waals surface area contributed by atoms with Crippen LogP contribution in [0.15, 0.2) is 6.07 Å². The SMILES string of the molecule is CCCNc1nc(N)c2cc(C)sc2n1. The summed E-state index contributed by atoms with van der Waals surface area (Å²) in [5.41, 5.74) is 5.86. The lowest BCUT2D eigenvalue weighted by Crippen LogP contribution is -2.05. The Morgan fingerprint density at radius 2 is 2.27 bits per heavy atom. The summed E-state index contributed by atoms with van der Waals surface area (Å²) in [4.78, 5) is 10.8. The summed E-state index contributed by atoms with van der Waals surface area (Å²) in [5, 5.41) is 4.10. The van der Waals surface area contributed by atoms with Gasteiger partial charge in [-0.25, -0.2) is 4.98 Å². The van der Waals surface area contributed by atoms with Gasteiger partial charge in [0.05, 0.1) is 5.39 Å². The molecule has 0 aromatic carbocycles. The van der Waals surface area contributed by atoms with Crippen molar-refractivity contribution in [3.05, 3.63) is 10.9 Å². The highest BCUT2D eigenvalue weighted by Crippen LogP contribution is 2.27. The molecule has 0 fully saturated rings. The van der Waals surface area contributed by atoms with Crippen molar-refractivity contribution in [2.24, 2.45) is 0 Å². The summed E-state index contributed by atoms with van der Waals surface area (Å²) >= 11 is 1.64. The van der Waals surface area contributed by atoms with Gasteiger partial charge in [-0.2, -0.15) is 4.98 Å². The maximum atomic E-state index is 5.86. The third-order valence-corrected chi connectivity index (χ3v) is 3.02. The van der Waals surface area contributed by atoms with Gasteiger partial charge in [-0.15, -0.1) is 11.3 Å². The molecule has 0 aliphatic carbocycles. The van der Waals surface area contributed by atoms with Crippen LogP contribution in [0.2, 0.25) is 0 Å². The first-order valence-corrected chi connectivity index (χ1v) is 5.80. The fourth-order valence-corrected chi connectivity index (χ4v) is 2.27. The van der Waals surface area contributed by atoms with Crippen LogP contribution in [-0.4, -0.2) is 16.5 Å². The van der Waals surface area contributed by atoms with Gasteiger partial charge in [0, 0.05) is 11.4 Å². The predicted molar refractivity (Wildman–Crippen MR) is 65.3 cm³/mol. The van der Waals surface area contributed by atoms with E-state index in [2.05, 4.69) is 22.2 Å². The maximum absolute atomic E-state index is 5.86. The van der Waals surface area contributed by atoms with Crippen molar-refractivity contribution >= 4 is 33.3 Å². The molecule has 2 rings (SSSR count). The molecule has 2 heterocycles. The van der Waals surface area contributed by atoms with E-state index in [4.69, 9.17) is 5.73 Å². The van der Waals surface area contributed by atoms with Gasteiger partial charge in [-0.3, -0.25) is 0 Å². The predicted octanol–water partition coefficient (Wildman–Crippen LogP) is 2.40. The van der Waals surface area contributed by atoms with Gasteiger partial charge in [0.25, 0.3) is 0 Å². The van der Waals surface area contributed by atoms with E-state index >= 15 is 0 Å². The summed E-state index contributed by atoms with van der Waals surface area (Å²) in [6.07, 6.45) is 1.05. The zero-order chi connectivity index (χ0) is 10.8. The van der Waals surface area contributed by atoms with E-state index in [1.54, 1.807) is 11.3 Å². The molecule has 0 saturated carbocycles. The zero-order valence-corrected chi connectivity index (χ0v) is 9.69. The van der Waals surface area contributed by atoms with Crippen LogP contribution in [0.5, 0.6) is 0 Å². The minimum Gasteiger partial charge on any atom is -0.383 e. The molecule has 0 unspecified atom stereocenters. The lowest BCUT2D eigenvalue weighted by molar-refractivity contribution is 0.958. The number of aryl methyl sites for hydroxylation is 1. The molecule has 15 heavy (non-hydrogen) atoms. The number of nitrogen functional groups attached to an aromatic ring is 1. The van der Waals surface area contributed by atoms with Crippen LogP contribution in [0.3, 0.4) is 0 Å². The Kier molecular flexibility index (Phi) is 2.73. The normalized spacial score (nSPS) is 10.8. The van der Waals surface area contributed by atoms with E-state index < -0.39 is 0 Å². The molecular formula is C10H14N4S. The average Bonchev–Trinajstić information content (AvgIpc) is 2.56. The van der Waals surface area contributed by atoms with Gasteiger partial charge in [0.2, 0.25) is 5.95 Å². The van der Waals surface area contributed by atoms with Crippen LogP contribution in [0, 0.1) is 6.92 Å². The molecule has 0 aliphatic heterocycles. The van der Waals surface area contributed by atoms with Crippen molar-refractivity contribution in [3.8, 4) is 0 Å². The molecule has 0 spiro atoms. The largest absolute Gasteiger partial charge is 0.383 e. The van der Waals surface area contributed by atoms with Gasteiger partial charge >= 0.3 is 0 Å². The smallest absolute Gasteiger partial charge is 0.226 e. The number of nitrogens with zero attached hydrogens (tertiary/aromatic N) is 2. The molecule has 0 aliphatic rings. The summed E-state index contributed by atoms with van der Waals surface area (Å²) in [7, 11) is 0. The van der Waals surface area contributed by atoms with Crippen LogP contribution in [0.1, 0.15) is 18.2 Å². The number of nitrogens with one attached hydrogen (secondary N) is 1. The highest BCUT2D eigenvalue weighted by atomic mass is 32.1. The summed E-state index contributed by atoms with van der Waals surface area (Å²) in [6, 6.07) is 2.03. The molecule has 0 saturated heterocycles. The van der Waals surface area contributed by atoms with Gasteiger partial charge in [0.15, 0.2) is 0 Å². The minimum atomic E-state index is 0.558. The number of rotatable bonds is 3. The summed E-state index contributed by atoms with van der Waals surface area (Å²) < 4.78 is 0. The van der Waals surface area contributed by atoms with E-state index in [-0.39, 0.29) is 0 Å². The van der Waals surface area contributed by atoms with Crippen LogP contribution in [0.25, 0.3) is 10.2 Å². The second kappa shape index (κ2) is 4.02. The number of anilines is 2. The number of hydrogen-bond donors (Lipinski definition) is 2. The number of hydrogen-bond acceptors (Lipinski definition) is 5. The van der Waals surface area contributed by atoms with Crippen molar-refractivity contribution in [1.29, 1.82) is 0 Å². The van der Waals surface area contributed by atoms with Crippen molar-refractivity contribution in [3.63, 3.8) is 0 Å². The first kappa shape index (κ1) is 10.2. The summed E-state index contributed by atoms with van der Waals surface area (Å²) in [6.45, 7) is 5.02. The molecule has 2 aromatic heterocycles. The first-order chi connectivity index (χ1) is 7.20. The van der Waals surface area contributed by atoms with E-state index in [1.807, 2.05) is 13.0 Å². The molecule has 0 radical (unpaired) electrons. The van der Waals surface area contributed by atoms with Crippen molar-refractivity contribution in [1.82, 2.24) is 9.97 Å². The Labute approximate surface area is 92.5 Å². The number of aromatic nitrogens is 2. The van der Waals surface area contributed by atoms with Crippen LogP contribution in [0.4, 0.5) is 11.8 Å². The monoisotopic (exact) mass is 222 g/mol. The molecular weight excluding hydrogens is 208 g/mol. The molecule has 80 valence electrons. The number of nitrogens with two attached hydrogens (primary N) is 1. The van der Waals surface area contributed by atoms with Crippen molar-refractivity contribution in [2.45, 2.75) is 20.3 Å². The quantitative estimate of drug-likeness (QED) is 0.837. The van der Waals surface area contributed by atoms with Crippen molar-refractivity contribution in [2.75, 3.05) is 17.6 Å². The fourth-order valence-electron chi connectivity index (χ4n) is 1.38. The standard InChI is InChI=1S/C10H14N4S/c1-3-4-12-10-13-8(11)7-5-6(2)15-9(7)14-10/h5H,3-4H2,1-2H3,(H3,11,12,13,14). The Morgan fingerprint density at radius 1 is 1.47 bits per heavy atom. The topological polar surface area (TPSA) is 63.8 Å². The molecule has 2 aromatic rings. The molecule has 0 atom stereocenters. The highest BCUT2D eigenvalue weighted by Gasteiger charge is 2.07. The lowest BCUT2D eigenvalue weighted by atomic mass is 10.3. The van der Waals surface area contributed by atoms with E-state index in [1.165, 1.54) is 4.88 Å². The molecule has 3 N–H and O–H groups in total. The second-order valence-electron chi connectivity index (χ2n) is 3.44. The Hall–Kier alpha value is -1.36. The van der Waals surface area contributed by atoms with Crippen LogP contribution >= 0.6 is 11.3 Å². The zero-order valence-electron chi connectivity index (χ0n) is 8.87. The molecule has 4 nitrogen and oxygen atoms in total. The second-order valence-corrected chi connectivity index (χ2v) is 4.67. The first-order valence-electron chi connectivity index (χ1n) is 4.98.